The highest BCUT2D eigenvalue weighted by Gasteiger charge is 2.07. The van der Waals surface area contributed by atoms with E-state index in [2.05, 4.69) is 16.8 Å². The minimum Gasteiger partial charge on any atom is -0.320 e. The van der Waals surface area contributed by atoms with Gasteiger partial charge in [0.05, 0.1) is 30.3 Å². The highest BCUT2D eigenvalue weighted by Crippen LogP contribution is 2.17. The number of aromatic nitrogens is 2. The van der Waals surface area contributed by atoms with Crippen molar-refractivity contribution in [2.75, 3.05) is 6.54 Å². The van der Waals surface area contributed by atoms with Crippen LogP contribution in [0.5, 0.6) is 0 Å². The number of hydrogen-bond donors (Lipinski definition) is 1. The Hall–Kier alpha value is -2.42. The Morgan fingerprint density at radius 2 is 2.14 bits per heavy atom. The van der Waals surface area contributed by atoms with Gasteiger partial charge < -0.3 is 5.73 Å². The number of benzene rings is 1. The van der Waals surface area contributed by atoms with Gasteiger partial charge in [0.15, 0.2) is 0 Å². The van der Waals surface area contributed by atoms with Crippen LogP contribution in [-0.4, -0.2) is 16.1 Å². The Morgan fingerprint density at radius 3 is 3.00 bits per heavy atom. The maximum Gasteiger partial charge on any atom is 0.261 e. The number of hydrogen-bond acceptors (Lipinski definition) is 4. The summed E-state index contributed by atoms with van der Waals surface area (Å²) in [4.78, 5) is 17.8. The van der Waals surface area contributed by atoms with Gasteiger partial charge in [0.2, 0.25) is 0 Å². The Balaban J connectivity index is 2.01. The molecular weight excluding hydrogens is 282 g/mol. The monoisotopic (exact) mass is 295 g/mol. The first kappa shape index (κ1) is 13.6. The van der Waals surface area contributed by atoms with Crippen molar-refractivity contribution in [1.82, 2.24) is 9.55 Å². The summed E-state index contributed by atoms with van der Waals surface area (Å²) in [5.41, 5.74) is 7.00. The molecule has 0 atom stereocenters. The molecule has 0 aliphatic carbocycles. The molecule has 0 fully saturated rings. The lowest BCUT2D eigenvalue weighted by Crippen LogP contribution is -2.21. The molecule has 0 bridgehead atoms. The third-order valence-corrected chi connectivity index (χ3v) is 4.02. The molecule has 1 aromatic carbocycles. The predicted molar refractivity (Wildman–Crippen MR) is 85.4 cm³/mol. The summed E-state index contributed by atoms with van der Waals surface area (Å²) in [6.45, 7) is 0.801. The summed E-state index contributed by atoms with van der Waals surface area (Å²) in [6, 6.07) is 9.30. The minimum absolute atomic E-state index is 0.0354. The highest BCUT2D eigenvalue weighted by atomic mass is 32.1. The maximum atomic E-state index is 12.5. The van der Waals surface area contributed by atoms with Gasteiger partial charge in [0.25, 0.3) is 5.56 Å². The number of thiophene rings is 1. The lowest BCUT2D eigenvalue weighted by atomic mass is 10.2. The first-order valence-electron chi connectivity index (χ1n) is 6.49. The van der Waals surface area contributed by atoms with Crippen LogP contribution in [0.15, 0.2) is 46.8 Å². The van der Waals surface area contributed by atoms with Crippen molar-refractivity contribution in [1.29, 1.82) is 0 Å². The van der Waals surface area contributed by atoms with Crippen molar-refractivity contribution >= 4 is 22.2 Å². The van der Waals surface area contributed by atoms with E-state index in [1.54, 1.807) is 28.3 Å². The molecule has 2 heterocycles. The van der Waals surface area contributed by atoms with Crippen LogP contribution < -0.4 is 11.3 Å². The van der Waals surface area contributed by atoms with Crippen LogP contribution in [0.4, 0.5) is 0 Å². The summed E-state index contributed by atoms with van der Waals surface area (Å²) in [7, 11) is 0. The predicted octanol–water partition coefficient (Wildman–Crippen LogP) is 1.82. The summed E-state index contributed by atoms with van der Waals surface area (Å²) in [5.74, 6) is 5.87. The highest BCUT2D eigenvalue weighted by molar-refractivity contribution is 7.10. The fraction of sp³-hybridized carbons (Fsp3) is 0.125. The molecule has 3 rings (SSSR count). The van der Waals surface area contributed by atoms with Crippen LogP contribution in [-0.2, 0) is 6.54 Å². The Labute approximate surface area is 125 Å². The van der Waals surface area contributed by atoms with Crippen LogP contribution in [0, 0.1) is 11.8 Å². The molecule has 0 saturated heterocycles. The van der Waals surface area contributed by atoms with Crippen LogP contribution in [0.1, 0.15) is 10.4 Å². The van der Waals surface area contributed by atoms with Gasteiger partial charge in [-0.1, -0.05) is 24.0 Å². The zero-order chi connectivity index (χ0) is 14.7. The van der Waals surface area contributed by atoms with E-state index in [1.807, 2.05) is 29.6 Å². The van der Waals surface area contributed by atoms with Crippen molar-refractivity contribution in [3.8, 4) is 11.8 Å². The first-order chi connectivity index (χ1) is 10.3. The fourth-order valence-corrected chi connectivity index (χ4v) is 2.92. The van der Waals surface area contributed by atoms with Gasteiger partial charge in [0.1, 0.15) is 0 Å². The number of nitrogens with zero attached hydrogens (tertiary/aromatic N) is 2. The van der Waals surface area contributed by atoms with E-state index in [0.29, 0.717) is 24.0 Å². The molecule has 0 amide bonds. The summed E-state index contributed by atoms with van der Waals surface area (Å²) >= 11 is 1.58. The van der Waals surface area contributed by atoms with Gasteiger partial charge in [-0.15, -0.1) is 11.3 Å². The molecule has 4 nitrogen and oxygen atoms in total. The molecule has 0 aliphatic heterocycles. The third-order valence-electron chi connectivity index (χ3n) is 3.12. The molecule has 3 aromatic rings. The van der Waals surface area contributed by atoms with Gasteiger partial charge >= 0.3 is 0 Å². The normalized spacial score (nSPS) is 10.3. The molecule has 0 spiro atoms. The Kier molecular flexibility index (Phi) is 3.82. The van der Waals surface area contributed by atoms with Crippen molar-refractivity contribution < 1.29 is 0 Å². The zero-order valence-electron chi connectivity index (χ0n) is 11.2. The summed E-state index contributed by atoms with van der Waals surface area (Å²) < 4.78 is 1.61. The second kappa shape index (κ2) is 5.92. The topological polar surface area (TPSA) is 60.9 Å². The Morgan fingerprint density at radius 1 is 1.29 bits per heavy atom. The minimum atomic E-state index is -0.0354. The van der Waals surface area contributed by atoms with Gasteiger partial charge in [-0.3, -0.25) is 9.36 Å². The quantitative estimate of drug-likeness (QED) is 0.734. The standard InChI is InChI=1S/C16H13N3OS/c17-8-3-4-12-7-9-21-15(12)10-19-11-18-14-6-2-1-5-13(14)16(19)20/h1-2,5-7,9,11H,8,10,17H2. The van der Waals surface area contributed by atoms with Crippen LogP contribution >= 0.6 is 11.3 Å². The largest absolute Gasteiger partial charge is 0.320 e. The Bertz CT molecular complexity index is 899. The van der Waals surface area contributed by atoms with Crippen LogP contribution in [0.3, 0.4) is 0 Å². The van der Waals surface area contributed by atoms with Gasteiger partial charge in [0, 0.05) is 10.4 Å². The van der Waals surface area contributed by atoms with E-state index in [4.69, 9.17) is 5.73 Å². The van der Waals surface area contributed by atoms with E-state index in [0.717, 1.165) is 10.4 Å². The average Bonchev–Trinajstić information content (AvgIpc) is 2.95. The van der Waals surface area contributed by atoms with E-state index in [9.17, 15) is 4.79 Å². The van der Waals surface area contributed by atoms with Crippen molar-refractivity contribution in [2.45, 2.75) is 6.54 Å². The molecule has 0 unspecified atom stereocenters. The lowest BCUT2D eigenvalue weighted by molar-refractivity contribution is 0.757. The van der Waals surface area contributed by atoms with Crippen LogP contribution in [0.25, 0.3) is 10.9 Å². The van der Waals surface area contributed by atoms with E-state index in [1.165, 1.54) is 0 Å². The first-order valence-corrected chi connectivity index (χ1v) is 7.37. The van der Waals surface area contributed by atoms with Crippen molar-refractivity contribution in [3.05, 3.63) is 62.8 Å². The van der Waals surface area contributed by atoms with Gasteiger partial charge in [-0.25, -0.2) is 4.98 Å². The SMILES string of the molecule is NCC#Cc1ccsc1Cn1cnc2ccccc2c1=O. The van der Waals surface area contributed by atoms with Crippen molar-refractivity contribution in [2.24, 2.45) is 5.73 Å². The van der Waals surface area contributed by atoms with Gasteiger partial charge in [-0.05, 0) is 23.6 Å². The number of fused-ring (bicyclic) bond motifs is 1. The molecule has 21 heavy (non-hydrogen) atoms. The second-order valence-electron chi connectivity index (χ2n) is 4.46. The maximum absolute atomic E-state index is 12.5. The molecule has 0 saturated carbocycles. The summed E-state index contributed by atoms with van der Waals surface area (Å²) in [5, 5.41) is 2.60. The molecule has 2 aromatic heterocycles. The zero-order valence-corrected chi connectivity index (χ0v) is 12.1. The second-order valence-corrected chi connectivity index (χ2v) is 5.46. The molecule has 0 radical (unpaired) electrons. The molecule has 2 N–H and O–H groups in total. The molecule has 5 heteroatoms. The van der Waals surface area contributed by atoms with E-state index < -0.39 is 0 Å². The summed E-state index contributed by atoms with van der Waals surface area (Å²) in [6.07, 6.45) is 1.59. The smallest absolute Gasteiger partial charge is 0.261 e. The number of nitrogens with two attached hydrogens (primary N) is 1. The van der Waals surface area contributed by atoms with Crippen molar-refractivity contribution in [3.63, 3.8) is 0 Å². The lowest BCUT2D eigenvalue weighted by Gasteiger charge is -2.05. The molecule has 104 valence electrons. The molecular formula is C16H13N3OS. The molecule has 0 aliphatic rings. The average molecular weight is 295 g/mol. The number of rotatable bonds is 2. The third kappa shape index (κ3) is 2.72. The number of para-hydroxylation sites is 1. The fourth-order valence-electron chi connectivity index (χ4n) is 2.09. The van der Waals surface area contributed by atoms with Gasteiger partial charge in [-0.2, -0.15) is 0 Å². The van der Waals surface area contributed by atoms with E-state index >= 15 is 0 Å². The van der Waals surface area contributed by atoms with Crippen LogP contribution in [0.2, 0.25) is 0 Å². The van der Waals surface area contributed by atoms with E-state index in [-0.39, 0.29) is 5.56 Å².